The van der Waals surface area contributed by atoms with Crippen LogP contribution in [0.2, 0.25) is 0 Å². The van der Waals surface area contributed by atoms with Crippen molar-refractivity contribution in [3.8, 4) is 0 Å². The third-order valence-corrected chi connectivity index (χ3v) is 10.9. The highest BCUT2D eigenvalue weighted by Gasteiger charge is 2.58. The lowest BCUT2D eigenvalue weighted by molar-refractivity contribution is -0.311. The van der Waals surface area contributed by atoms with Gasteiger partial charge in [-0.15, -0.1) is 0 Å². The molecule has 4 unspecified atom stereocenters. The highest BCUT2D eigenvalue weighted by molar-refractivity contribution is 6.17. The second-order valence-electron chi connectivity index (χ2n) is 14.4. The van der Waals surface area contributed by atoms with Crippen molar-refractivity contribution < 1.29 is 28.7 Å². The van der Waals surface area contributed by atoms with Crippen molar-refractivity contribution in [3.63, 3.8) is 0 Å². The van der Waals surface area contributed by atoms with E-state index in [9.17, 15) is 9.59 Å². The van der Waals surface area contributed by atoms with E-state index in [1.54, 1.807) is 20.3 Å². The molecule has 42 heavy (non-hydrogen) atoms. The van der Waals surface area contributed by atoms with Gasteiger partial charge in [-0.3, -0.25) is 0 Å². The molecule has 8 nitrogen and oxygen atoms in total. The predicted octanol–water partition coefficient (Wildman–Crippen LogP) is 6.31. The summed E-state index contributed by atoms with van der Waals surface area (Å²) in [5, 5.41) is 3.99. The number of nitrogens with zero attached hydrogens (tertiary/aromatic N) is 2. The standard InChI is InChI=1S/C34H54N2O6/c1-21-27(22(2)32(7,8)35(39-13)31(21,5)6)41-29(37)26(20-25-18-16-15-17-19-25)30(38)42-28-23(3)33(9,10)36(40-14)34(11,12)24(28)4/h15-24,27-28H,1-14H3. The molecular formula is C34H54N2O6. The third kappa shape index (κ3) is 5.80. The number of hydrogen-bond acceptors (Lipinski definition) is 8. The highest BCUT2D eigenvalue weighted by Crippen LogP contribution is 2.48. The van der Waals surface area contributed by atoms with E-state index in [-0.39, 0.29) is 29.2 Å². The van der Waals surface area contributed by atoms with Gasteiger partial charge in [-0.1, -0.05) is 58.0 Å². The molecule has 0 N–H and O–H groups in total. The largest absolute Gasteiger partial charge is 0.458 e. The molecule has 2 aliphatic heterocycles. The number of rotatable bonds is 7. The molecule has 1 aromatic rings. The molecule has 0 bridgehead atoms. The Bertz CT molecular complexity index is 1050. The van der Waals surface area contributed by atoms with E-state index in [0.717, 1.165) is 0 Å². The van der Waals surface area contributed by atoms with Gasteiger partial charge in [0.05, 0.1) is 14.2 Å². The topological polar surface area (TPSA) is 77.5 Å². The Balaban J connectivity index is 1.99. The summed E-state index contributed by atoms with van der Waals surface area (Å²) in [6.45, 7) is 24.9. The summed E-state index contributed by atoms with van der Waals surface area (Å²) in [5.74, 6) is -1.70. The zero-order valence-electron chi connectivity index (χ0n) is 28.3. The van der Waals surface area contributed by atoms with Crippen LogP contribution in [-0.4, -0.2) is 70.6 Å². The molecule has 2 aliphatic rings. The van der Waals surface area contributed by atoms with Crippen LogP contribution in [0.1, 0.15) is 88.6 Å². The summed E-state index contributed by atoms with van der Waals surface area (Å²) in [7, 11) is 3.35. The molecule has 2 heterocycles. The van der Waals surface area contributed by atoms with E-state index in [1.807, 2.05) is 40.5 Å². The SMILES string of the molecule is CON1C(C)(C)C(C)C(OC(=O)C(=Cc2ccccc2)C(=O)OC2C(C)C(C)(C)N(OC)C(C)(C)C2C)C(C)C1(C)C. The van der Waals surface area contributed by atoms with Gasteiger partial charge < -0.3 is 19.1 Å². The molecule has 0 spiro atoms. The van der Waals surface area contributed by atoms with Crippen molar-refractivity contribution in [2.75, 3.05) is 14.2 Å². The summed E-state index contributed by atoms with van der Waals surface area (Å²) in [5.41, 5.74) is -1.13. The fraction of sp³-hybridized carbons (Fsp3) is 0.706. The van der Waals surface area contributed by atoms with Crippen LogP contribution in [0.3, 0.4) is 0 Å². The van der Waals surface area contributed by atoms with E-state index >= 15 is 0 Å². The first kappa shape index (κ1) is 34.2. The number of esters is 2. The van der Waals surface area contributed by atoms with Crippen LogP contribution in [0, 0.1) is 23.7 Å². The first-order valence-corrected chi connectivity index (χ1v) is 15.1. The number of benzene rings is 1. The number of ether oxygens (including phenoxy) is 2. The second kappa shape index (κ2) is 12.0. The fourth-order valence-electron chi connectivity index (χ4n) is 7.34. The molecule has 0 aliphatic carbocycles. The van der Waals surface area contributed by atoms with Gasteiger partial charge in [0, 0.05) is 45.8 Å². The molecule has 0 aromatic heterocycles. The highest BCUT2D eigenvalue weighted by atomic mass is 16.7. The van der Waals surface area contributed by atoms with Gasteiger partial charge >= 0.3 is 11.9 Å². The molecule has 8 heteroatoms. The van der Waals surface area contributed by atoms with Crippen LogP contribution in [0.5, 0.6) is 0 Å². The maximum Gasteiger partial charge on any atom is 0.345 e. The van der Waals surface area contributed by atoms with Crippen molar-refractivity contribution in [3.05, 3.63) is 41.5 Å². The Morgan fingerprint density at radius 1 is 0.619 bits per heavy atom. The van der Waals surface area contributed by atoms with Gasteiger partial charge in [-0.2, -0.15) is 10.1 Å². The monoisotopic (exact) mass is 586 g/mol. The summed E-state index contributed by atoms with van der Waals surface area (Å²) in [6.07, 6.45) is 0.666. The number of piperidine rings is 2. The number of carbonyl (C=O) groups is 2. The van der Waals surface area contributed by atoms with E-state index in [2.05, 4.69) is 83.1 Å². The van der Waals surface area contributed by atoms with Crippen molar-refractivity contribution >= 4 is 18.0 Å². The summed E-state index contributed by atoms with van der Waals surface area (Å²) >= 11 is 0. The van der Waals surface area contributed by atoms with Crippen LogP contribution in [0.4, 0.5) is 0 Å². The van der Waals surface area contributed by atoms with Crippen LogP contribution in [0.25, 0.3) is 6.08 Å². The van der Waals surface area contributed by atoms with Gasteiger partial charge in [0.2, 0.25) is 0 Å². The van der Waals surface area contributed by atoms with Crippen molar-refractivity contribution in [2.24, 2.45) is 23.7 Å². The molecule has 236 valence electrons. The minimum Gasteiger partial charge on any atom is -0.458 e. The lowest BCUT2D eigenvalue weighted by Gasteiger charge is -2.59. The molecule has 2 fully saturated rings. The lowest BCUT2D eigenvalue weighted by Crippen LogP contribution is -2.69. The number of hydrogen-bond donors (Lipinski definition) is 0. The minimum atomic E-state index is -0.682. The van der Waals surface area contributed by atoms with Crippen molar-refractivity contribution in [1.82, 2.24) is 10.1 Å². The molecule has 0 amide bonds. The van der Waals surface area contributed by atoms with Crippen LogP contribution < -0.4 is 0 Å². The van der Waals surface area contributed by atoms with Gasteiger partial charge in [0.15, 0.2) is 0 Å². The number of carbonyl (C=O) groups excluding carboxylic acids is 2. The Morgan fingerprint density at radius 2 is 0.929 bits per heavy atom. The third-order valence-electron chi connectivity index (χ3n) is 10.9. The maximum atomic E-state index is 14.0. The van der Waals surface area contributed by atoms with Gasteiger partial charge in [-0.25, -0.2) is 9.59 Å². The van der Waals surface area contributed by atoms with Crippen molar-refractivity contribution in [1.29, 1.82) is 0 Å². The van der Waals surface area contributed by atoms with Crippen molar-refractivity contribution in [2.45, 2.75) is 117 Å². The Morgan fingerprint density at radius 3 is 1.21 bits per heavy atom. The average Bonchev–Trinajstić information content (AvgIpc) is 2.90. The van der Waals surface area contributed by atoms with E-state index < -0.39 is 46.3 Å². The van der Waals surface area contributed by atoms with Crippen LogP contribution in [-0.2, 0) is 28.7 Å². The first-order valence-electron chi connectivity index (χ1n) is 15.1. The van der Waals surface area contributed by atoms with Gasteiger partial charge in [0.25, 0.3) is 0 Å². The Hall–Kier alpha value is -2.26. The molecule has 2 saturated heterocycles. The lowest BCUT2D eigenvalue weighted by atomic mass is 9.67. The molecule has 3 rings (SSSR count). The normalized spacial score (nSPS) is 32.0. The van der Waals surface area contributed by atoms with E-state index in [0.29, 0.717) is 5.56 Å². The van der Waals surface area contributed by atoms with E-state index in [4.69, 9.17) is 19.1 Å². The first-order chi connectivity index (χ1) is 19.3. The summed E-state index contributed by atoms with van der Waals surface area (Å²) < 4.78 is 12.6. The summed E-state index contributed by atoms with van der Waals surface area (Å²) in [4.78, 5) is 39.7. The Labute approximate surface area is 253 Å². The maximum absolute atomic E-state index is 14.0. The molecule has 0 radical (unpaired) electrons. The van der Waals surface area contributed by atoms with Crippen LogP contribution >= 0.6 is 0 Å². The Kier molecular flexibility index (Phi) is 9.80. The zero-order chi connectivity index (χ0) is 32.0. The zero-order valence-corrected chi connectivity index (χ0v) is 28.3. The molecule has 1 aromatic carbocycles. The van der Waals surface area contributed by atoms with E-state index in [1.165, 1.54) is 0 Å². The van der Waals surface area contributed by atoms with Gasteiger partial charge in [0.1, 0.15) is 17.8 Å². The number of hydroxylamine groups is 4. The predicted molar refractivity (Wildman–Crippen MR) is 165 cm³/mol. The minimum absolute atomic E-state index is 0.0848. The molecule has 0 saturated carbocycles. The smallest absolute Gasteiger partial charge is 0.345 e. The van der Waals surface area contributed by atoms with Crippen LogP contribution in [0.15, 0.2) is 35.9 Å². The molecular weight excluding hydrogens is 532 g/mol. The second-order valence-corrected chi connectivity index (χ2v) is 14.4. The fourth-order valence-corrected chi connectivity index (χ4v) is 7.34. The molecule has 4 atom stereocenters. The quantitative estimate of drug-likeness (QED) is 0.159. The average molecular weight is 587 g/mol. The van der Waals surface area contributed by atoms with Gasteiger partial charge in [-0.05, 0) is 67.0 Å². The summed E-state index contributed by atoms with van der Waals surface area (Å²) in [6, 6.07) is 9.33.